The van der Waals surface area contributed by atoms with Crippen LogP contribution in [0.15, 0.2) is 12.1 Å². The Morgan fingerprint density at radius 3 is 2.81 bits per heavy atom. The molecule has 1 aliphatic rings. The monoisotopic (exact) mass is 239 g/mol. The maximum absolute atomic E-state index is 10.7. The summed E-state index contributed by atoms with van der Waals surface area (Å²) in [6, 6.07) is 3.57. The molecule has 16 heavy (non-hydrogen) atoms. The molecule has 0 spiro atoms. The lowest BCUT2D eigenvalue weighted by Gasteiger charge is -2.38. The van der Waals surface area contributed by atoms with E-state index in [4.69, 9.17) is 5.11 Å². The van der Waals surface area contributed by atoms with Gasteiger partial charge in [0.15, 0.2) is 0 Å². The van der Waals surface area contributed by atoms with Crippen molar-refractivity contribution in [3.8, 4) is 0 Å². The first-order valence-electron chi connectivity index (χ1n) is 5.62. The number of aromatic carboxylic acids is 1. The Labute approximate surface area is 99.5 Å². The van der Waals surface area contributed by atoms with Gasteiger partial charge < -0.3 is 10.4 Å². The van der Waals surface area contributed by atoms with Crippen LogP contribution in [-0.2, 0) is 6.54 Å². The summed E-state index contributed by atoms with van der Waals surface area (Å²) in [6.07, 6.45) is 3.97. The molecule has 0 aromatic carbocycles. The van der Waals surface area contributed by atoms with Crippen LogP contribution in [0.25, 0.3) is 0 Å². The van der Waals surface area contributed by atoms with Gasteiger partial charge in [-0.05, 0) is 30.4 Å². The minimum atomic E-state index is -0.831. The van der Waals surface area contributed by atoms with Crippen LogP contribution >= 0.6 is 11.3 Å². The fourth-order valence-electron chi connectivity index (χ4n) is 2.03. The average Bonchev–Trinajstić information content (AvgIpc) is 2.64. The van der Waals surface area contributed by atoms with E-state index >= 15 is 0 Å². The Morgan fingerprint density at radius 1 is 1.56 bits per heavy atom. The van der Waals surface area contributed by atoms with Gasteiger partial charge in [0.2, 0.25) is 0 Å². The Balaban J connectivity index is 1.78. The van der Waals surface area contributed by atoms with Gasteiger partial charge in [-0.2, -0.15) is 0 Å². The molecule has 4 heteroatoms. The fourth-order valence-corrected chi connectivity index (χ4v) is 2.85. The Hall–Kier alpha value is -0.870. The summed E-state index contributed by atoms with van der Waals surface area (Å²) >= 11 is 1.36. The van der Waals surface area contributed by atoms with Gasteiger partial charge in [-0.1, -0.05) is 13.3 Å². The number of carboxylic acids is 1. The summed E-state index contributed by atoms with van der Waals surface area (Å²) < 4.78 is 0. The van der Waals surface area contributed by atoms with Gasteiger partial charge >= 0.3 is 5.97 Å². The minimum absolute atomic E-state index is 0.423. The smallest absolute Gasteiger partial charge is 0.345 e. The molecule has 1 heterocycles. The van der Waals surface area contributed by atoms with Crippen molar-refractivity contribution in [2.75, 3.05) is 6.54 Å². The molecule has 0 atom stereocenters. The summed E-state index contributed by atoms with van der Waals surface area (Å²) in [6.45, 7) is 4.13. The molecule has 3 nitrogen and oxygen atoms in total. The lowest BCUT2D eigenvalue weighted by atomic mass is 9.70. The van der Waals surface area contributed by atoms with Crippen molar-refractivity contribution >= 4 is 17.3 Å². The summed E-state index contributed by atoms with van der Waals surface area (Å²) in [5.41, 5.74) is 0.479. The van der Waals surface area contributed by atoms with Crippen molar-refractivity contribution in [3.05, 3.63) is 21.9 Å². The largest absolute Gasteiger partial charge is 0.477 e. The maximum Gasteiger partial charge on any atom is 0.345 e. The van der Waals surface area contributed by atoms with Crippen molar-refractivity contribution in [2.24, 2.45) is 5.41 Å². The number of carboxylic acid groups (broad SMARTS) is 1. The van der Waals surface area contributed by atoms with E-state index in [0.29, 0.717) is 10.3 Å². The maximum atomic E-state index is 10.7. The third-order valence-corrected chi connectivity index (χ3v) is 4.36. The standard InChI is InChI=1S/C12H17NO2S/c1-12(5-2-6-12)8-13-7-9-3-4-10(16-9)11(14)15/h3-4,13H,2,5-8H2,1H3,(H,14,15). The molecule has 0 unspecified atom stereocenters. The van der Waals surface area contributed by atoms with Crippen LogP contribution in [-0.4, -0.2) is 17.6 Å². The molecule has 0 bridgehead atoms. The average molecular weight is 239 g/mol. The van der Waals surface area contributed by atoms with Crippen LogP contribution < -0.4 is 5.32 Å². The van der Waals surface area contributed by atoms with Crippen molar-refractivity contribution in [1.82, 2.24) is 5.32 Å². The number of hydrogen-bond donors (Lipinski definition) is 2. The second kappa shape index (κ2) is 4.55. The predicted octanol–water partition coefficient (Wildman–Crippen LogP) is 2.73. The lowest BCUT2D eigenvalue weighted by Crippen LogP contribution is -2.36. The van der Waals surface area contributed by atoms with E-state index in [2.05, 4.69) is 12.2 Å². The van der Waals surface area contributed by atoms with Crippen molar-refractivity contribution in [3.63, 3.8) is 0 Å². The molecule has 1 fully saturated rings. The zero-order valence-corrected chi connectivity index (χ0v) is 10.3. The highest BCUT2D eigenvalue weighted by Gasteiger charge is 2.30. The van der Waals surface area contributed by atoms with Crippen LogP contribution in [0.5, 0.6) is 0 Å². The highest BCUT2D eigenvalue weighted by molar-refractivity contribution is 7.13. The van der Waals surface area contributed by atoms with Gasteiger partial charge in [0, 0.05) is 18.0 Å². The minimum Gasteiger partial charge on any atom is -0.477 e. The topological polar surface area (TPSA) is 49.3 Å². The predicted molar refractivity (Wildman–Crippen MR) is 64.9 cm³/mol. The quantitative estimate of drug-likeness (QED) is 0.830. The van der Waals surface area contributed by atoms with E-state index in [9.17, 15) is 4.79 Å². The van der Waals surface area contributed by atoms with Crippen molar-refractivity contribution in [2.45, 2.75) is 32.7 Å². The molecule has 0 radical (unpaired) electrons. The lowest BCUT2D eigenvalue weighted by molar-refractivity contribution is 0.0702. The highest BCUT2D eigenvalue weighted by Crippen LogP contribution is 2.39. The molecule has 0 aliphatic heterocycles. The normalized spacial score (nSPS) is 18.1. The highest BCUT2D eigenvalue weighted by atomic mass is 32.1. The zero-order valence-electron chi connectivity index (χ0n) is 9.45. The number of nitrogens with one attached hydrogen (secondary N) is 1. The number of carbonyl (C=O) groups is 1. The SMILES string of the molecule is CC1(CNCc2ccc(C(=O)O)s2)CCC1. The van der Waals surface area contributed by atoms with Crippen LogP contribution in [0.2, 0.25) is 0 Å². The van der Waals surface area contributed by atoms with Gasteiger partial charge in [0.25, 0.3) is 0 Å². The molecule has 1 aromatic heterocycles. The molecule has 1 aromatic rings. The third-order valence-electron chi connectivity index (χ3n) is 3.28. The van der Waals surface area contributed by atoms with E-state index in [1.807, 2.05) is 6.07 Å². The third kappa shape index (κ3) is 2.62. The second-order valence-electron chi connectivity index (χ2n) is 4.84. The van der Waals surface area contributed by atoms with Crippen LogP contribution in [0.1, 0.15) is 40.7 Å². The molecular weight excluding hydrogens is 222 g/mol. The number of thiophene rings is 1. The molecule has 0 amide bonds. The van der Waals surface area contributed by atoms with E-state index in [1.54, 1.807) is 6.07 Å². The second-order valence-corrected chi connectivity index (χ2v) is 6.01. The fraction of sp³-hybridized carbons (Fsp3) is 0.583. The van der Waals surface area contributed by atoms with Crippen LogP contribution in [0, 0.1) is 5.41 Å². The Bertz CT molecular complexity index is 382. The first-order valence-corrected chi connectivity index (χ1v) is 6.43. The van der Waals surface area contributed by atoms with Gasteiger partial charge in [0.1, 0.15) is 4.88 Å². The molecule has 1 saturated carbocycles. The van der Waals surface area contributed by atoms with Crippen LogP contribution in [0.4, 0.5) is 0 Å². The van der Waals surface area contributed by atoms with E-state index in [0.717, 1.165) is 18.0 Å². The molecule has 2 N–H and O–H groups in total. The van der Waals surface area contributed by atoms with Gasteiger partial charge in [-0.3, -0.25) is 0 Å². The zero-order chi connectivity index (χ0) is 11.6. The first kappa shape index (κ1) is 11.6. The molecule has 2 rings (SSSR count). The van der Waals surface area contributed by atoms with Crippen molar-refractivity contribution < 1.29 is 9.90 Å². The first-order chi connectivity index (χ1) is 7.59. The summed E-state index contributed by atoms with van der Waals surface area (Å²) in [5, 5.41) is 12.2. The van der Waals surface area contributed by atoms with Crippen molar-refractivity contribution in [1.29, 1.82) is 0 Å². The number of hydrogen-bond acceptors (Lipinski definition) is 3. The molecule has 88 valence electrons. The Kier molecular flexibility index (Phi) is 3.30. The van der Waals surface area contributed by atoms with E-state index in [1.165, 1.54) is 30.6 Å². The molecule has 1 aliphatic carbocycles. The van der Waals surface area contributed by atoms with Crippen LogP contribution in [0.3, 0.4) is 0 Å². The van der Waals surface area contributed by atoms with Gasteiger partial charge in [-0.15, -0.1) is 11.3 Å². The number of rotatable bonds is 5. The molecular formula is C12H17NO2S. The summed E-state index contributed by atoms with van der Waals surface area (Å²) in [4.78, 5) is 12.2. The summed E-state index contributed by atoms with van der Waals surface area (Å²) in [7, 11) is 0. The molecule has 0 saturated heterocycles. The van der Waals surface area contributed by atoms with Gasteiger partial charge in [-0.25, -0.2) is 4.79 Å². The van der Waals surface area contributed by atoms with E-state index in [-0.39, 0.29) is 0 Å². The van der Waals surface area contributed by atoms with E-state index < -0.39 is 5.97 Å². The summed E-state index contributed by atoms with van der Waals surface area (Å²) in [5.74, 6) is -0.831. The van der Waals surface area contributed by atoms with Gasteiger partial charge in [0.05, 0.1) is 0 Å². The Morgan fingerprint density at radius 2 is 2.31 bits per heavy atom.